The molecule has 0 aliphatic carbocycles. The van der Waals surface area contributed by atoms with E-state index >= 15 is 0 Å². The van der Waals surface area contributed by atoms with Crippen LogP contribution in [0.15, 0.2) is 69.5 Å². The Morgan fingerprint density at radius 3 is 2.76 bits per heavy atom. The maximum Gasteiger partial charge on any atom is 0.272 e. The normalized spacial score (nSPS) is 11.2. The van der Waals surface area contributed by atoms with Crippen LogP contribution in [0.25, 0.3) is 22.2 Å². The van der Waals surface area contributed by atoms with E-state index in [9.17, 15) is 14.9 Å². The van der Waals surface area contributed by atoms with Crippen molar-refractivity contribution in [2.45, 2.75) is 17.8 Å². The highest BCUT2D eigenvalue weighted by Gasteiger charge is 2.16. The Kier molecular flexibility index (Phi) is 5.24. The number of benzene rings is 2. The molecule has 0 spiro atoms. The van der Waals surface area contributed by atoms with Gasteiger partial charge in [-0.25, -0.2) is 14.5 Å². The van der Waals surface area contributed by atoms with Gasteiger partial charge in [-0.3, -0.25) is 19.3 Å². The maximum atomic E-state index is 13.5. The zero-order valence-corrected chi connectivity index (χ0v) is 18.8. The number of nitrogens with one attached hydrogen (secondary N) is 1. The molecule has 3 heterocycles. The molecule has 0 radical (unpaired) electrons. The summed E-state index contributed by atoms with van der Waals surface area (Å²) in [5.74, 6) is 0.270. The van der Waals surface area contributed by atoms with E-state index in [0.717, 1.165) is 11.3 Å². The van der Waals surface area contributed by atoms with E-state index in [-0.39, 0.29) is 28.1 Å². The number of para-hydroxylation sites is 1. The summed E-state index contributed by atoms with van der Waals surface area (Å²) in [5.41, 5.74) is 2.58. The number of hydrogen-bond donors (Lipinski definition) is 1. The molecule has 0 aliphatic rings. The minimum atomic E-state index is -0.327. The molecule has 0 bridgehead atoms. The molecule has 0 fully saturated rings. The number of nitriles is 1. The second-order valence-electron chi connectivity index (χ2n) is 7.32. The molecule has 0 atom stereocenters. The monoisotopic (exact) mass is 474 g/mol. The molecule has 10 heteroatoms. The molecule has 0 saturated heterocycles. The molecule has 162 valence electrons. The number of halogens is 1. The van der Waals surface area contributed by atoms with Crippen LogP contribution in [-0.2, 0) is 5.75 Å². The molecule has 2 aromatic carbocycles. The Morgan fingerprint density at radius 2 is 1.97 bits per heavy atom. The number of H-pyrrole nitrogens is 1. The summed E-state index contributed by atoms with van der Waals surface area (Å²) >= 11 is 7.41. The number of rotatable bonds is 4. The largest absolute Gasteiger partial charge is 0.295 e. The summed E-state index contributed by atoms with van der Waals surface area (Å²) in [4.78, 5) is 35.0. The minimum Gasteiger partial charge on any atom is -0.295 e. The van der Waals surface area contributed by atoms with Gasteiger partial charge in [-0.1, -0.05) is 41.6 Å². The van der Waals surface area contributed by atoms with Crippen molar-refractivity contribution in [2.75, 3.05) is 0 Å². The Hall–Kier alpha value is -3.87. The van der Waals surface area contributed by atoms with Crippen molar-refractivity contribution < 1.29 is 0 Å². The van der Waals surface area contributed by atoms with Gasteiger partial charge in [0.25, 0.3) is 11.1 Å². The Morgan fingerprint density at radius 1 is 1.15 bits per heavy atom. The summed E-state index contributed by atoms with van der Waals surface area (Å²) in [5, 5.41) is 13.4. The molecule has 33 heavy (non-hydrogen) atoms. The first-order valence-electron chi connectivity index (χ1n) is 9.87. The highest BCUT2D eigenvalue weighted by atomic mass is 35.5. The van der Waals surface area contributed by atoms with Gasteiger partial charge in [0, 0.05) is 23.0 Å². The standard InChI is InChI=1S/C23H15ClN6O2S/c1-13-4-2-3-5-19(13)29-22(32)17-7-6-15(24)8-18(17)28-23(29)33-12-16-9-20(31)30-21(27-16)14(10-25)11-26-30/h2-9,11,26H,12H2,1H3. The quantitative estimate of drug-likeness (QED) is 0.313. The van der Waals surface area contributed by atoms with E-state index in [1.807, 2.05) is 37.3 Å². The van der Waals surface area contributed by atoms with Crippen LogP contribution in [0.5, 0.6) is 0 Å². The van der Waals surface area contributed by atoms with Crippen LogP contribution in [0.1, 0.15) is 16.8 Å². The first-order valence-corrected chi connectivity index (χ1v) is 11.2. The van der Waals surface area contributed by atoms with Crippen LogP contribution in [0.2, 0.25) is 5.02 Å². The first kappa shape index (κ1) is 21.0. The average Bonchev–Trinajstić information content (AvgIpc) is 3.22. The number of hydrogen-bond acceptors (Lipinski definition) is 6. The molecule has 5 aromatic rings. The molecule has 0 aliphatic heterocycles. The van der Waals surface area contributed by atoms with Gasteiger partial charge in [-0.05, 0) is 36.8 Å². The average molecular weight is 475 g/mol. The third-order valence-corrected chi connectivity index (χ3v) is 6.38. The molecule has 0 amide bonds. The van der Waals surface area contributed by atoms with Gasteiger partial charge >= 0.3 is 0 Å². The predicted octanol–water partition coefficient (Wildman–Crippen LogP) is 3.85. The fraction of sp³-hybridized carbons (Fsp3) is 0.0870. The molecule has 8 nitrogen and oxygen atoms in total. The van der Waals surface area contributed by atoms with Gasteiger partial charge < -0.3 is 0 Å². The highest BCUT2D eigenvalue weighted by Crippen LogP contribution is 2.26. The molecule has 1 N–H and O–H groups in total. The summed E-state index contributed by atoms with van der Waals surface area (Å²) in [6.45, 7) is 1.92. The topological polar surface area (TPSA) is 109 Å². The van der Waals surface area contributed by atoms with Gasteiger partial charge in [-0.2, -0.15) is 5.26 Å². The molecule has 0 unspecified atom stereocenters. The lowest BCUT2D eigenvalue weighted by atomic mass is 10.2. The number of thioether (sulfide) groups is 1. The second kappa shape index (κ2) is 8.24. The highest BCUT2D eigenvalue weighted by molar-refractivity contribution is 7.98. The van der Waals surface area contributed by atoms with Crippen LogP contribution in [-0.4, -0.2) is 24.1 Å². The number of fused-ring (bicyclic) bond motifs is 2. The van der Waals surface area contributed by atoms with Crippen LogP contribution < -0.4 is 11.1 Å². The summed E-state index contributed by atoms with van der Waals surface area (Å²) in [6, 6.07) is 16.0. The molecule has 3 aromatic heterocycles. The fourth-order valence-electron chi connectivity index (χ4n) is 3.59. The van der Waals surface area contributed by atoms with Crippen LogP contribution >= 0.6 is 23.4 Å². The van der Waals surface area contributed by atoms with Crippen LogP contribution in [0.4, 0.5) is 0 Å². The fourth-order valence-corrected chi connectivity index (χ4v) is 4.65. The minimum absolute atomic E-state index is 0.214. The van der Waals surface area contributed by atoms with E-state index < -0.39 is 0 Å². The molecule has 5 rings (SSSR count). The first-order chi connectivity index (χ1) is 16.0. The SMILES string of the molecule is Cc1ccccc1-n1c(SCc2cc(=O)n3[nH]cc(C#N)c3n2)nc2cc(Cl)ccc2c1=O. The van der Waals surface area contributed by atoms with E-state index in [0.29, 0.717) is 26.8 Å². The van der Waals surface area contributed by atoms with Crippen molar-refractivity contribution in [1.82, 2.24) is 24.1 Å². The zero-order valence-electron chi connectivity index (χ0n) is 17.2. The van der Waals surface area contributed by atoms with Crippen molar-refractivity contribution in [3.05, 3.63) is 97.3 Å². The predicted molar refractivity (Wildman–Crippen MR) is 127 cm³/mol. The number of aromatic nitrogens is 5. The van der Waals surface area contributed by atoms with E-state index in [1.165, 1.54) is 28.5 Å². The lowest BCUT2D eigenvalue weighted by molar-refractivity contribution is 0.813. The van der Waals surface area contributed by atoms with Gasteiger partial charge in [-0.15, -0.1) is 0 Å². The third kappa shape index (κ3) is 3.69. The summed E-state index contributed by atoms with van der Waals surface area (Å²) in [6.07, 6.45) is 1.44. The van der Waals surface area contributed by atoms with Gasteiger partial charge in [0.1, 0.15) is 11.6 Å². The molecular weight excluding hydrogens is 460 g/mol. The summed E-state index contributed by atoms with van der Waals surface area (Å²) in [7, 11) is 0. The van der Waals surface area contributed by atoms with E-state index in [2.05, 4.69) is 10.1 Å². The molecule has 0 saturated carbocycles. The van der Waals surface area contributed by atoms with Gasteiger partial charge in [0.05, 0.1) is 22.3 Å². The summed E-state index contributed by atoms with van der Waals surface area (Å²) < 4.78 is 2.78. The van der Waals surface area contributed by atoms with Crippen molar-refractivity contribution in [2.24, 2.45) is 0 Å². The molecular formula is C23H15ClN6O2S. The smallest absolute Gasteiger partial charge is 0.272 e. The Balaban J connectivity index is 1.65. The van der Waals surface area contributed by atoms with Crippen molar-refractivity contribution in [3.63, 3.8) is 0 Å². The Bertz CT molecular complexity index is 1710. The number of aryl methyl sites for hydroxylation is 1. The number of nitrogens with zero attached hydrogens (tertiary/aromatic N) is 5. The van der Waals surface area contributed by atoms with Gasteiger partial charge in [0.2, 0.25) is 0 Å². The third-order valence-electron chi connectivity index (χ3n) is 5.18. The van der Waals surface area contributed by atoms with E-state index in [1.54, 1.807) is 22.8 Å². The van der Waals surface area contributed by atoms with Crippen molar-refractivity contribution >= 4 is 39.9 Å². The van der Waals surface area contributed by atoms with Crippen LogP contribution in [0, 0.1) is 18.3 Å². The van der Waals surface area contributed by atoms with E-state index in [4.69, 9.17) is 16.6 Å². The Labute approximate surface area is 196 Å². The second-order valence-corrected chi connectivity index (χ2v) is 8.69. The zero-order chi connectivity index (χ0) is 23.1. The lowest BCUT2D eigenvalue weighted by Crippen LogP contribution is -2.22. The van der Waals surface area contributed by atoms with Crippen molar-refractivity contribution in [3.8, 4) is 11.8 Å². The number of aromatic amines is 1. The lowest BCUT2D eigenvalue weighted by Gasteiger charge is -2.15. The van der Waals surface area contributed by atoms with Gasteiger partial charge in [0.15, 0.2) is 10.8 Å². The van der Waals surface area contributed by atoms with Crippen molar-refractivity contribution in [1.29, 1.82) is 5.26 Å². The maximum absolute atomic E-state index is 13.5. The van der Waals surface area contributed by atoms with Crippen LogP contribution in [0.3, 0.4) is 0 Å².